The lowest BCUT2D eigenvalue weighted by Gasteiger charge is -2.34. The molecule has 0 spiro atoms. The molecule has 22 heavy (non-hydrogen) atoms. The number of benzene rings is 1. The molecule has 0 radical (unpaired) electrons. The summed E-state index contributed by atoms with van der Waals surface area (Å²) >= 11 is 0. The maximum absolute atomic E-state index is 12.2. The van der Waals surface area contributed by atoms with E-state index in [2.05, 4.69) is 24.1 Å². The van der Waals surface area contributed by atoms with E-state index >= 15 is 0 Å². The second-order valence-corrected chi connectivity index (χ2v) is 6.44. The highest BCUT2D eigenvalue weighted by Gasteiger charge is 2.23. The van der Waals surface area contributed by atoms with Crippen LogP contribution in [0.5, 0.6) is 0 Å². The zero-order valence-corrected chi connectivity index (χ0v) is 13.3. The van der Waals surface area contributed by atoms with Gasteiger partial charge in [-0.25, -0.2) is 0 Å². The van der Waals surface area contributed by atoms with E-state index in [1.165, 1.54) is 18.6 Å². The van der Waals surface area contributed by atoms with Crippen molar-refractivity contribution in [2.75, 3.05) is 25.0 Å². The summed E-state index contributed by atoms with van der Waals surface area (Å²) < 4.78 is 0. The van der Waals surface area contributed by atoms with Crippen molar-refractivity contribution in [3.63, 3.8) is 0 Å². The van der Waals surface area contributed by atoms with Crippen molar-refractivity contribution in [3.8, 4) is 0 Å². The Kier molecular flexibility index (Phi) is 5.13. The van der Waals surface area contributed by atoms with Gasteiger partial charge in [0.05, 0.1) is 11.5 Å². The monoisotopic (exact) mass is 305 g/mol. The van der Waals surface area contributed by atoms with Gasteiger partial charge < -0.3 is 5.32 Å². The fourth-order valence-electron chi connectivity index (χ4n) is 3.22. The number of likely N-dealkylation sites (tertiary alicyclic amines) is 1. The zero-order valence-electron chi connectivity index (χ0n) is 13.3. The van der Waals surface area contributed by atoms with Gasteiger partial charge in [0.25, 0.3) is 5.69 Å². The Bertz CT molecular complexity index is 564. The van der Waals surface area contributed by atoms with Crippen LogP contribution in [0.15, 0.2) is 18.2 Å². The maximum atomic E-state index is 12.2. The van der Waals surface area contributed by atoms with Gasteiger partial charge in [-0.15, -0.1) is 0 Å². The minimum atomic E-state index is -0.435. The van der Waals surface area contributed by atoms with Gasteiger partial charge in [0.1, 0.15) is 0 Å². The first-order valence-corrected chi connectivity index (χ1v) is 7.62. The van der Waals surface area contributed by atoms with Crippen LogP contribution in [0.25, 0.3) is 0 Å². The second-order valence-electron chi connectivity index (χ2n) is 6.44. The Labute approximate surface area is 130 Å². The lowest BCUT2D eigenvalue weighted by Crippen LogP contribution is -2.42. The Morgan fingerprint density at radius 1 is 1.36 bits per heavy atom. The molecule has 1 aromatic rings. The van der Waals surface area contributed by atoms with Crippen LogP contribution in [0.1, 0.15) is 25.8 Å². The molecule has 1 saturated heterocycles. The molecule has 0 saturated carbocycles. The predicted octanol–water partition coefficient (Wildman–Crippen LogP) is 2.82. The molecule has 1 aromatic carbocycles. The zero-order chi connectivity index (χ0) is 16.3. The van der Waals surface area contributed by atoms with E-state index in [1.807, 2.05) is 0 Å². The van der Waals surface area contributed by atoms with Gasteiger partial charge in [0, 0.05) is 30.9 Å². The molecule has 6 nitrogen and oxygen atoms in total. The molecule has 1 heterocycles. The highest BCUT2D eigenvalue weighted by atomic mass is 16.6. The van der Waals surface area contributed by atoms with E-state index in [9.17, 15) is 14.9 Å². The van der Waals surface area contributed by atoms with Crippen molar-refractivity contribution in [3.05, 3.63) is 33.9 Å². The van der Waals surface area contributed by atoms with Gasteiger partial charge in [0.2, 0.25) is 5.91 Å². The minimum absolute atomic E-state index is 0.0363. The Balaban J connectivity index is 1.96. The van der Waals surface area contributed by atoms with Gasteiger partial charge in [-0.05, 0) is 36.8 Å². The Morgan fingerprint density at radius 2 is 2.00 bits per heavy atom. The number of hydrogen-bond acceptors (Lipinski definition) is 4. The number of non-ortho nitro benzene ring substituents is 1. The SMILES string of the molecule is Cc1cc([N+](=O)[O-])ccc1NC(=O)CN1C[C@H](C)C[C@H](C)C1. The van der Waals surface area contributed by atoms with E-state index in [1.54, 1.807) is 13.0 Å². The van der Waals surface area contributed by atoms with Crippen LogP contribution in [0, 0.1) is 28.9 Å². The number of hydrogen-bond donors (Lipinski definition) is 1. The van der Waals surface area contributed by atoms with Gasteiger partial charge >= 0.3 is 0 Å². The summed E-state index contributed by atoms with van der Waals surface area (Å²) in [7, 11) is 0. The number of carbonyl (C=O) groups excluding carboxylic acids is 1. The lowest BCUT2D eigenvalue weighted by atomic mass is 9.92. The largest absolute Gasteiger partial charge is 0.325 e. The highest BCUT2D eigenvalue weighted by molar-refractivity contribution is 5.93. The summed E-state index contributed by atoms with van der Waals surface area (Å²) in [5.41, 5.74) is 1.37. The first-order valence-electron chi connectivity index (χ1n) is 7.62. The third-order valence-electron chi connectivity index (χ3n) is 4.01. The van der Waals surface area contributed by atoms with Crippen molar-refractivity contribution in [2.45, 2.75) is 27.2 Å². The predicted molar refractivity (Wildman–Crippen MR) is 85.8 cm³/mol. The molecule has 1 aliphatic heterocycles. The van der Waals surface area contributed by atoms with Crippen molar-refractivity contribution in [1.82, 2.24) is 4.90 Å². The van der Waals surface area contributed by atoms with E-state index in [4.69, 9.17) is 0 Å². The normalized spacial score (nSPS) is 22.3. The average molecular weight is 305 g/mol. The van der Waals surface area contributed by atoms with E-state index in [0.717, 1.165) is 13.1 Å². The molecule has 2 rings (SSSR count). The second kappa shape index (κ2) is 6.87. The number of rotatable bonds is 4. The van der Waals surface area contributed by atoms with E-state index in [0.29, 0.717) is 29.6 Å². The molecular formula is C16H23N3O3. The molecule has 1 N–H and O–H groups in total. The van der Waals surface area contributed by atoms with Crippen molar-refractivity contribution >= 4 is 17.3 Å². The molecule has 0 bridgehead atoms. The third-order valence-corrected chi connectivity index (χ3v) is 4.01. The summed E-state index contributed by atoms with van der Waals surface area (Å²) in [5, 5.41) is 13.6. The number of nitro groups is 1. The number of aryl methyl sites for hydroxylation is 1. The van der Waals surface area contributed by atoms with Crippen LogP contribution in [-0.2, 0) is 4.79 Å². The third kappa shape index (κ3) is 4.27. The van der Waals surface area contributed by atoms with Crippen LogP contribution in [-0.4, -0.2) is 35.4 Å². The molecule has 0 aromatic heterocycles. The number of amides is 1. The molecule has 120 valence electrons. The fourth-order valence-corrected chi connectivity index (χ4v) is 3.22. The molecule has 1 aliphatic rings. The number of nitrogens with zero attached hydrogens (tertiary/aromatic N) is 2. The van der Waals surface area contributed by atoms with Gasteiger partial charge in [-0.1, -0.05) is 13.8 Å². The molecule has 2 atom stereocenters. The number of anilines is 1. The molecule has 6 heteroatoms. The molecular weight excluding hydrogens is 282 g/mol. The maximum Gasteiger partial charge on any atom is 0.269 e. The smallest absolute Gasteiger partial charge is 0.269 e. The Morgan fingerprint density at radius 3 is 2.55 bits per heavy atom. The topological polar surface area (TPSA) is 75.5 Å². The van der Waals surface area contributed by atoms with E-state index in [-0.39, 0.29) is 11.6 Å². The van der Waals surface area contributed by atoms with Crippen LogP contribution < -0.4 is 5.32 Å². The summed E-state index contributed by atoms with van der Waals surface area (Å²) in [6.07, 6.45) is 1.21. The number of nitro benzene ring substituents is 1. The molecule has 0 unspecified atom stereocenters. The summed E-state index contributed by atoms with van der Waals surface area (Å²) in [6, 6.07) is 4.47. The standard InChI is InChI=1S/C16H23N3O3/c1-11-6-12(2)9-18(8-11)10-16(20)17-15-5-4-14(19(21)22)7-13(15)3/h4-5,7,11-12H,6,8-10H2,1-3H3,(H,17,20)/t11-,12+. The van der Waals surface area contributed by atoms with Gasteiger partial charge in [0.15, 0.2) is 0 Å². The number of nitrogens with one attached hydrogen (secondary N) is 1. The van der Waals surface area contributed by atoms with Crippen LogP contribution >= 0.6 is 0 Å². The van der Waals surface area contributed by atoms with Gasteiger partial charge in [-0.3, -0.25) is 19.8 Å². The van der Waals surface area contributed by atoms with Crippen molar-refractivity contribution in [1.29, 1.82) is 0 Å². The first kappa shape index (κ1) is 16.4. The summed E-state index contributed by atoms with van der Waals surface area (Å²) in [4.78, 5) is 24.6. The van der Waals surface area contributed by atoms with Crippen molar-refractivity contribution in [2.24, 2.45) is 11.8 Å². The molecule has 1 amide bonds. The average Bonchev–Trinajstić information content (AvgIpc) is 2.39. The Hall–Kier alpha value is -1.95. The van der Waals surface area contributed by atoms with Crippen molar-refractivity contribution < 1.29 is 9.72 Å². The quantitative estimate of drug-likeness (QED) is 0.685. The van der Waals surface area contributed by atoms with Gasteiger partial charge in [-0.2, -0.15) is 0 Å². The fraction of sp³-hybridized carbons (Fsp3) is 0.562. The lowest BCUT2D eigenvalue weighted by molar-refractivity contribution is -0.384. The summed E-state index contributed by atoms with van der Waals surface area (Å²) in [5.74, 6) is 1.15. The van der Waals surface area contributed by atoms with Crippen LogP contribution in [0.4, 0.5) is 11.4 Å². The van der Waals surface area contributed by atoms with Crippen LogP contribution in [0.2, 0.25) is 0 Å². The highest BCUT2D eigenvalue weighted by Crippen LogP contribution is 2.22. The molecule has 0 aliphatic carbocycles. The molecule has 1 fully saturated rings. The number of piperidine rings is 1. The number of carbonyl (C=O) groups is 1. The first-order chi connectivity index (χ1) is 10.3. The van der Waals surface area contributed by atoms with E-state index < -0.39 is 4.92 Å². The summed E-state index contributed by atoms with van der Waals surface area (Å²) in [6.45, 7) is 8.43. The minimum Gasteiger partial charge on any atom is -0.325 e. The van der Waals surface area contributed by atoms with Crippen LogP contribution in [0.3, 0.4) is 0 Å².